The van der Waals surface area contributed by atoms with Crippen molar-refractivity contribution in [2.24, 2.45) is 5.41 Å². The van der Waals surface area contributed by atoms with Gasteiger partial charge >= 0.3 is 43.3 Å². The first-order valence-corrected chi connectivity index (χ1v) is 10.1. The molecule has 0 aliphatic rings. The minimum atomic E-state index is -0.310. The van der Waals surface area contributed by atoms with Crippen molar-refractivity contribution in [3.8, 4) is 0 Å². The molecule has 16 heavy (non-hydrogen) atoms. The topological polar surface area (TPSA) is 26.3 Å². The fourth-order valence-electron chi connectivity index (χ4n) is 0.471. The van der Waals surface area contributed by atoms with Crippen molar-refractivity contribution in [3.05, 3.63) is 0 Å². The Bertz CT molecular complexity index is 143. The zero-order chi connectivity index (χ0) is 13.6. The van der Waals surface area contributed by atoms with Gasteiger partial charge in [-0.25, -0.2) is 0 Å². The monoisotopic (exact) mass is 348 g/mol. The van der Waals surface area contributed by atoms with E-state index in [9.17, 15) is 4.79 Å². The van der Waals surface area contributed by atoms with Gasteiger partial charge < -0.3 is 4.74 Å². The van der Waals surface area contributed by atoms with Crippen LogP contribution in [0.4, 0.5) is 0 Å². The van der Waals surface area contributed by atoms with Crippen LogP contribution in [0.5, 0.6) is 0 Å². The van der Waals surface area contributed by atoms with Crippen LogP contribution in [0.15, 0.2) is 0 Å². The van der Waals surface area contributed by atoms with Crippen LogP contribution >= 0.6 is 0 Å². The van der Waals surface area contributed by atoms with Gasteiger partial charge in [0.05, 0.1) is 12.0 Å². The summed E-state index contributed by atoms with van der Waals surface area (Å²) in [6, 6.07) is 0. The predicted octanol–water partition coefficient (Wildman–Crippen LogP) is 4.19. The Hall–Kier alpha value is 0.260. The van der Waals surface area contributed by atoms with Crippen molar-refractivity contribution in [1.29, 1.82) is 0 Å². The molecule has 0 saturated heterocycles. The number of ether oxygens (including phenoxy) is 1. The molecule has 0 heterocycles. The van der Waals surface area contributed by atoms with Gasteiger partial charge in [0.1, 0.15) is 0 Å². The number of hydrogen-bond acceptors (Lipinski definition) is 2. The van der Waals surface area contributed by atoms with E-state index in [1.165, 1.54) is 4.47 Å². The average Bonchev–Trinajstić information content (AvgIpc) is 2.32. The van der Waals surface area contributed by atoms with E-state index in [1.807, 2.05) is 41.5 Å². The van der Waals surface area contributed by atoms with Crippen LogP contribution in [0.2, 0.25) is 9.44 Å². The number of esters is 1. The van der Waals surface area contributed by atoms with Crippen molar-refractivity contribution in [2.45, 2.75) is 64.3 Å². The summed E-state index contributed by atoms with van der Waals surface area (Å²) in [5.74, 6) is -0.0995. The van der Waals surface area contributed by atoms with E-state index in [2.05, 4.69) is 11.9 Å². The normalized spacial score (nSPS) is 9.25. The number of carbonyl (C=O) groups excluding carboxylic acids is 1. The van der Waals surface area contributed by atoms with Crippen LogP contribution in [0.25, 0.3) is 0 Å². The zero-order valence-corrected chi connectivity index (χ0v) is 14.7. The van der Waals surface area contributed by atoms with Gasteiger partial charge in [0.2, 0.25) is 0 Å². The molecule has 0 rings (SSSR count). The first-order valence-electron chi connectivity index (χ1n) is 6.12. The summed E-state index contributed by atoms with van der Waals surface area (Å²) >= 11 is 0.482. The molecule has 2 nitrogen and oxygen atoms in total. The van der Waals surface area contributed by atoms with Crippen molar-refractivity contribution in [2.75, 3.05) is 6.61 Å². The molecule has 0 atom stereocenters. The molecule has 0 bridgehead atoms. The van der Waals surface area contributed by atoms with Gasteiger partial charge in [0.25, 0.3) is 0 Å². The summed E-state index contributed by atoms with van der Waals surface area (Å²) < 4.78 is 6.31. The van der Waals surface area contributed by atoms with Gasteiger partial charge in [0.15, 0.2) is 0 Å². The molecular formula is C13H30O2Te. The van der Waals surface area contributed by atoms with Gasteiger partial charge in [-0.1, -0.05) is 20.8 Å². The molecular weight excluding hydrogens is 316 g/mol. The van der Waals surface area contributed by atoms with Crippen LogP contribution in [-0.2, 0) is 9.53 Å². The second-order valence-corrected chi connectivity index (χ2v) is 6.83. The van der Waals surface area contributed by atoms with Crippen LogP contribution < -0.4 is 0 Å². The van der Waals surface area contributed by atoms with E-state index < -0.39 is 0 Å². The van der Waals surface area contributed by atoms with Crippen LogP contribution in [0.1, 0.15) is 54.9 Å². The quantitative estimate of drug-likeness (QED) is 0.564. The molecule has 0 aromatic heterocycles. The van der Waals surface area contributed by atoms with E-state index in [0.717, 1.165) is 6.42 Å². The van der Waals surface area contributed by atoms with Crippen LogP contribution in [-0.4, -0.2) is 33.5 Å². The standard InChI is InChI=1S/C8H16O2.C3H8Te.C2H6/c1-5-8(3,4)7(9)10-6-2;1-3-4-2;1-2/h5-6H2,1-4H3;3H2,1-2H3;1-2H3. The molecule has 0 saturated carbocycles. The third-order valence-corrected chi connectivity index (χ3v) is 3.65. The molecule has 0 fully saturated rings. The third kappa shape index (κ3) is 14.3. The molecule has 0 spiro atoms. The molecule has 0 unspecified atom stereocenters. The Labute approximate surface area is 113 Å². The van der Waals surface area contributed by atoms with Gasteiger partial charge in [0, 0.05) is 0 Å². The molecule has 0 radical (unpaired) electrons. The van der Waals surface area contributed by atoms with Crippen molar-refractivity contribution in [1.82, 2.24) is 0 Å². The van der Waals surface area contributed by atoms with Crippen molar-refractivity contribution in [3.63, 3.8) is 0 Å². The Kier molecular flexibility index (Phi) is 20.5. The molecule has 0 aliphatic heterocycles. The van der Waals surface area contributed by atoms with Crippen LogP contribution in [0, 0.1) is 5.41 Å². The van der Waals surface area contributed by atoms with Crippen LogP contribution in [0.3, 0.4) is 0 Å². The summed E-state index contributed by atoms with van der Waals surface area (Å²) in [6.07, 6.45) is 0.825. The average molecular weight is 346 g/mol. The maximum atomic E-state index is 11.1. The van der Waals surface area contributed by atoms with Gasteiger partial charge in [-0.15, -0.1) is 0 Å². The Morgan fingerprint density at radius 3 is 1.75 bits per heavy atom. The molecule has 100 valence electrons. The Morgan fingerprint density at radius 2 is 1.56 bits per heavy atom. The Morgan fingerprint density at radius 1 is 1.19 bits per heavy atom. The summed E-state index contributed by atoms with van der Waals surface area (Å²) in [5.41, 5.74) is -0.310. The van der Waals surface area contributed by atoms with E-state index in [0.29, 0.717) is 27.5 Å². The second kappa shape index (κ2) is 15.3. The number of carbonyl (C=O) groups is 1. The van der Waals surface area contributed by atoms with Gasteiger partial charge in [-0.3, -0.25) is 4.79 Å². The van der Waals surface area contributed by atoms with E-state index >= 15 is 0 Å². The molecule has 0 aromatic carbocycles. The summed E-state index contributed by atoms with van der Waals surface area (Å²) in [5, 5.41) is 0. The Balaban J connectivity index is -0.000000237. The van der Waals surface area contributed by atoms with E-state index in [1.54, 1.807) is 0 Å². The minimum absolute atomic E-state index is 0.0995. The molecule has 0 N–H and O–H groups in total. The SMILES string of the molecule is CC.CCOC(=O)C(C)(C)CC.CC[Te]C. The molecule has 0 aromatic rings. The zero-order valence-electron chi connectivity index (χ0n) is 12.3. The van der Waals surface area contributed by atoms with Crippen molar-refractivity contribution < 1.29 is 9.53 Å². The predicted molar refractivity (Wildman–Crippen MR) is 74.2 cm³/mol. The number of rotatable bonds is 4. The first kappa shape index (κ1) is 21.5. The second-order valence-electron chi connectivity index (χ2n) is 3.54. The van der Waals surface area contributed by atoms with Gasteiger partial charge in [-0.05, 0) is 27.2 Å². The fraction of sp³-hybridized carbons (Fsp3) is 0.923. The molecule has 3 heteroatoms. The summed E-state index contributed by atoms with van der Waals surface area (Å²) in [6.45, 7) is 14.3. The third-order valence-electron chi connectivity index (χ3n) is 2.00. The summed E-state index contributed by atoms with van der Waals surface area (Å²) in [7, 11) is 0. The number of hydrogen-bond donors (Lipinski definition) is 0. The first-order chi connectivity index (χ1) is 7.46. The maximum absolute atomic E-state index is 11.1. The van der Waals surface area contributed by atoms with Gasteiger partial charge in [-0.2, -0.15) is 0 Å². The van der Waals surface area contributed by atoms with Crippen molar-refractivity contribution >= 4 is 26.9 Å². The molecule has 0 aliphatic carbocycles. The summed E-state index contributed by atoms with van der Waals surface area (Å²) in [4.78, 5) is 13.4. The van der Waals surface area contributed by atoms with E-state index in [-0.39, 0.29) is 11.4 Å². The molecule has 0 amide bonds. The van der Waals surface area contributed by atoms with E-state index in [4.69, 9.17) is 4.74 Å². The fourth-order valence-corrected chi connectivity index (χ4v) is 0.471.